The second-order valence-electron chi connectivity index (χ2n) is 4.26. The number of anilines is 1. The lowest BCUT2D eigenvalue weighted by Gasteiger charge is -2.08. The SMILES string of the molecule is N#Cc1cc(F)ccc1NC(=O)Cc1ccc(F)cc1F. The minimum absolute atomic E-state index is 0.0227. The van der Waals surface area contributed by atoms with Crippen LogP contribution in [0.15, 0.2) is 36.4 Å². The molecule has 0 spiro atoms. The zero-order valence-electron chi connectivity index (χ0n) is 10.7. The van der Waals surface area contributed by atoms with Crippen LogP contribution in [0.3, 0.4) is 0 Å². The monoisotopic (exact) mass is 290 g/mol. The number of amides is 1. The Morgan fingerprint density at radius 1 is 1.10 bits per heavy atom. The van der Waals surface area contributed by atoms with E-state index in [1.54, 1.807) is 6.07 Å². The number of carbonyl (C=O) groups is 1. The Morgan fingerprint density at radius 2 is 1.76 bits per heavy atom. The number of hydrogen-bond acceptors (Lipinski definition) is 2. The molecular weight excluding hydrogens is 281 g/mol. The molecule has 0 fully saturated rings. The zero-order chi connectivity index (χ0) is 15.4. The van der Waals surface area contributed by atoms with Crippen molar-refractivity contribution in [3.8, 4) is 6.07 Å². The van der Waals surface area contributed by atoms with Crippen molar-refractivity contribution in [1.82, 2.24) is 0 Å². The Labute approximate surface area is 118 Å². The van der Waals surface area contributed by atoms with Gasteiger partial charge in [-0.2, -0.15) is 5.26 Å². The van der Waals surface area contributed by atoms with Crippen LogP contribution in [0.5, 0.6) is 0 Å². The molecule has 3 nitrogen and oxygen atoms in total. The second kappa shape index (κ2) is 6.09. The third kappa shape index (κ3) is 3.60. The molecule has 6 heteroatoms. The van der Waals surface area contributed by atoms with E-state index in [1.165, 1.54) is 12.1 Å². The summed E-state index contributed by atoms with van der Waals surface area (Å²) in [6.45, 7) is 0. The number of nitrogens with one attached hydrogen (secondary N) is 1. The number of rotatable bonds is 3. The molecule has 1 N–H and O–H groups in total. The van der Waals surface area contributed by atoms with Crippen molar-refractivity contribution >= 4 is 11.6 Å². The van der Waals surface area contributed by atoms with Gasteiger partial charge < -0.3 is 5.32 Å². The normalized spacial score (nSPS) is 10.0. The molecule has 1 amide bonds. The van der Waals surface area contributed by atoms with Gasteiger partial charge in [-0.15, -0.1) is 0 Å². The molecule has 106 valence electrons. The highest BCUT2D eigenvalue weighted by atomic mass is 19.1. The first-order valence-corrected chi connectivity index (χ1v) is 5.93. The van der Waals surface area contributed by atoms with Crippen molar-refractivity contribution in [2.24, 2.45) is 0 Å². The molecular formula is C15H9F3N2O. The van der Waals surface area contributed by atoms with Gasteiger partial charge in [0.2, 0.25) is 5.91 Å². The van der Waals surface area contributed by atoms with Crippen LogP contribution in [-0.2, 0) is 11.2 Å². The van der Waals surface area contributed by atoms with E-state index in [-0.39, 0.29) is 23.2 Å². The van der Waals surface area contributed by atoms with Gasteiger partial charge in [0.25, 0.3) is 0 Å². The van der Waals surface area contributed by atoms with E-state index in [2.05, 4.69) is 5.32 Å². The van der Waals surface area contributed by atoms with Crippen molar-refractivity contribution in [3.63, 3.8) is 0 Å². The largest absolute Gasteiger partial charge is 0.325 e. The fourth-order valence-electron chi connectivity index (χ4n) is 1.75. The topological polar surface area (TPSA) is 52.9 Å². The summed E-state index contributed by atoms with van der Waals surface area (Å²) in [6, 6.07) is 7.96. The van der Waals surface area contributed by atoms with Gasteiger partial charge in [0.1, 0.15) is 23.5 Å². The molecule has 0 aliphatic carbocycles. The fourth-order valence-corrected chi connectivity index (χ4v) is 1.75. The summed E-state index contributed by atoms with van der Waals surface area (Å²) in [4.78, 5) is 11.8. The summed E-state index contributed by atoms with van der Waals surface area (Å²) in [6.07, 6.45) is -0.325. The van der Waals surface area contributed by atoms with E-state index in [4.69, 9.17) is 5.26 Å². The Morgan fingerprint density at radius 3 is 2.43 bits per heavy atom. The van der Waals surface area contributed by atoms with Crippen LogP contribution in [0.25, 0.3) is 0 Å². The molecule has 0 bridgehead atoms. The highest BCUT2D eigenvalue weighted by Gasteiger charge is 2.11. The highest BCUT2D eigenvalue weighted by molar-refractivity contribution is 5.93. The van der Waals surface area contributed by atoms with Gasteiger partial charge in [0.15, 0.2) is 0 Å². The molecule has 2 aromatic carbocycles. The minimum atomic E-state index is -0.829. The molecule has 0 unspecified atom stereocenters. The number of nitrogens with zero attached hydrogens (tertiary/aromatic N) is 1. The summed E-state index contributed by atoms with van der Waals surface area (Å²) in [5, 5.41) is 11.2. The molecule has 0 aromatic heterocycles. The summed E-state index contributed by atoms with van der Waals surface area (Å²) in [5.74, 6) is -2.76. The summed E-state index contributed by atoms with van der Waals surface area (Å²) in [7, 11) is 0. The first kappa shape index (κ1) is 14.6. The molecule has 0 saturated carbocycles. The lowest BCUT2D eigenvalue weighted by Crippen LogP contribution is -2.16. The first-order valence-electron chi connectivity index (χ1n) is 5.93. The van der Waals surface area contributed by atoms with Crippen LogP contribution >= 0.6 is 0 Å². The Balaban J connectivity index is 2.14. The van der Waals surface area contributed by atoms with Crippen LogP contribution in [0.4, 0.5) is 18.9 Å². The third-order valence-corrected chi connectivity index (χ3v) is 2.74. The van der Waals surface area contributed by atoms with Crippen molar-refractivity contribution in [3.05, 3.63) is 65.0 Å². The van der Waals surface area contributed by atoms with Gasteiger partial charge in [-0.1, -0.05) is 6.07 Å². The van der Waals surface area contributed by atoms with Gasteiger partial charge in [-0.25, -0.2) is 13.2 Å². The molecule has 0 aliphatic heterocycles. The van der Waals surface area contributed by atoms with Gasteiger partial charge >= 0.3 is 0 Å². The summed E-state index contributed by atoms with van der Waals surface area (Å²) >= 11 is 0. The summed E-state index contributed by atoms with van der Waals surface area (Å²) in [5.41, 5.74) is 0.115. The van der Waals surface area contributed by atoms with Gasteiger partial charge in [0, 0.05) is 6.07 Å². The van der Waals surface area contributed by atoms with Crippen molar-refractivity contribution in [1.29, 1.82) is 5.26 Å². The Kier molecular flexibility index (Phi) is 4.24. The average molecular weight is 290 g/mol. The van der Waals surface area contributed by atoms with Crippen LogP contribution in [0.1, 0.15) is 11.1 Å². The Bertz CT molecular complexity index is 738. The van der Waals surface area contributed by atoms with E-state index in [9.17, 15) is 18.0 Å². The zero-order valence-corrected chi connectivity index (χ0v) is 10.7. The van der Waals surface area contributed by atoms with Crippen LogP contribution in [0.2, 0.25) is 0 Å². The third-order valence-electron chi connectivity index (χ3n) is 2.74. The second-order valence-corrected chi connectivity index (χ2v) is 4.26. The van der Waals surface area contributed by atoms with E-state index in [1.807, 2.05) is 0 Å². The molecule has 0 heterocycles. The smallest absolute Gasteiger partial charge is 0.228 e. The maximum Gasteiger partial charge on any atom is 0.228 e. The maximum atomic E-state index is 13.4. The van der Waals surface area contributed by atoms with Crippen molar-refractivity contribution < 1.29 is 18.0 Å². The molecule has 0 radical (unpaired) electrons. The maximum absolute atomic E-state index is 13.4. The minimum Gasteiger partial charge on any atom is -0.325 e. The lowest BCUT2D eigenvalue weighted by molar-refractivity contribution is -0.115. The molecule has 2 aromatic rings. The number of hydrogen-bond donors (Lipinski definition) is 1. The van der Waals surface area contributed by atoms with Gasteiger partial charge in [0.05, 0.1) is 17.7 Å². The van der Waals surface area contributed by atoms with Gasteiger partial charge in [-0.3, -0.25) is 4.79 Å². The molecule has 0 atom stereocenters. The predicted molar refractivity (Wildman–Crippen MR) is 69.8 cm³/mol. The van der Waals surface area contributed by atoms with E-state index in [0.717, 1.165) is 18.2 Å². The van der Waals surface area contributed by atoms with Crippen LogP contribution in [0, 0.1) is 28.8 Å². The number of nitriles is 1. The first-order chi connectivity index (χ1) is 9.99. The van der Waals surface area contributed by atoms with Crippen molar-refractivity contribution in [2.75, 3.05) is 5.32 Å². The molecule has 21 heavy (non-hydrogen) atoms. The number of halogens is 3. The number of benzene rings is 2. The predicted octanol–water partition coefficient (Wildman–Crippen LogP) is 3.16. The molecule has 0 saturated heterocycles. The van der Waals surface area contributed by atoms with Crippen LogP contribution < -0.4 is 5.32 Å². The highest BCUT2D eigenvalue weighted by Crippen LogP contribution is 2.17. The Hall–Kier alpha value is -2.81. The standard InChI is InChI=1S/C15H9F3N2O/c16-11-3-4-14(10(5-11)8-19)20-15(21)6-9-1-2-12(17)7-13(9)18/h1-5,7H,6H2,(H,20,21). The number of carbonyl (C=O) groups excluding carboxylic acids is 1. The summed E-state index contributed by atoms with van der Waals surface area (Å²) < 4.78 is 39.1. The van der Waals surface area contributed by atoms with Crippen LogP contribution in [-0.4, -0.2) is 5.91 Å². The molecule has 2 rings (SSSR count). The average Bonchev–Trinajstić information content (AvgIpc) is 2.44. The quantitative estimate of drug-likeness (QED) is 0.944. The van der Waals surface area contributed by atoms with E-state index >= 15 is 0 Å². The molecule has 0 aliphatic rings. The van der Waals surface area contributed by atoms with E-state index < -0.39 is 23.4 Å². The van der Waals surface area contributed by atoms with Crippen molar-refractivity contribution in [2.45, 2.75) is 6.42 Å². The van der Waals surface area contributed by atoms with E-state index in [0.29, 0.717) is 6.07 Å². The lowest BCUT2D eigenvalue weighted by atomic mass is 10.1. The van der Waals surface area contributed by atoms with Gasteiger partial charge in [-0.05, 0) is 29.8 Å². The fraction of sp³-hybridized carbons (Fsp3) is 0.0667.